The highest BCUT2D eigenvalue weighted by molar-refractivity contribution is 5.86. The zero-order valence-corrected chi connectivity index (χ0v) is 15.7. The molecule has 0 spiro atoms. The summed E-state index contributed by atoms with van der Waals surface area (Å²) in [7, 11) is 0. The summed E-state index contributed by atoms with van der Waals surface area (Å²) in [4.78, 5) is 15.4. The molecule has 0 amide bonds. The number of aryl methyl sites for hydroxylation is 1. The largest absolute Gasteiger partial charge is 0.478 e. The van der Waals surface area contributed by atoms with Crippen molar-refractivity contribution in [1.29, 1.82) is 0 Å². The minimum absolute atomic E-state index is 0.220. The average Bonchev–Trinajstić information content (AvgIpc) is 2.62. The van der Waals surface area contributed by atoms with E-state index < -0.39 is 5.82 Å². The fourth-order valence-electron chi connectivity index (χ4n) is 3.73. The third-order valence-corrected chi connectivity index (χ3v) is 4.85. The summed E-state index contributed by atoms with van der Waals surface area (Å²) >= 11 is 0. The molecule has 0 aliphatic carbocycles. The highest BCUT2D eigenvalue weighted by Crippen LogP contribution is 2.34. The van der Waals surface area contributed by atoms with Crippen LogP contribution in [0.3, 0.4) is 0 Å². The first kappa shape index (κ1) is 17.7. The minimum atomic E-state index is -0.434. The lowest BCUT2D eigenvalue weighted by Gasteiger charge is -2.30. The maximum absolute atomic E-state index is 14.3. The number of nitrogens with zero attached hydrogens (tertiary/aromatic N) is 1. The van der Waals surface area contributed by atoms with Gasteiger partial charge in [0.25, 0.3) is 0 Å². The Kier molecular flexibility index (Phi) is 4.48. The summed E-state index contributed by atoms with van der Waals surface area (Å²) < 4.78 is 26.2. The molecule has 1 aromatic heterocycles. The molecule has 2 aromatic carbocycles. The summed E-state index contributed by atoms with van der Waals surface area (Å²) in [5.41, 5.74) is 1.73. The number of halogens is 1. The van der Waals surface area contributed by atoms with Crippen LogP contribution < -0.4 is 10.2 Å². The highest BCUT2D eigenvalue weighted by atomic mass is 19.1. The molecule has 1 aliphatic rings. The number of rotatable bonds is 3. The zero-order valence-electron chi connectivity index (χ0n) is 15.7. The molecule has 4 nitrogen and oxygen atoms in total. The molecule has 0 atom stereocenters. The van der Waals surface area contributed by atoms with E-state index in [4.69, 9.17) is 9.15 Å². The highest BCUT2D eigenvalue weighted by Gasteiger charge is 2.24. The molecular formula is C22H22FNO3. The fraction of sp³-hybridized carbons (Fsp3) is 0.318. The maximum atomic E-state index is 14.3. The lowest BCUT2D eigenvalue weighted by molar-refractivity contribution is 0.0848. The van der Waals surface area contributed by atoms with Gasteiger partial charge in [-0.25, -0.2) is 4.39 Å². The normalized spacial score (nSPS) is 14.4. The standard InChI is InChI=1S/C22H22FNO3/c1-13(2)10-24-11-17-19(26-12-24)9-8-16-21(25)20(14(3)27-22(16)17)15-6-4-5-7-18(15)23/h4-9,13H,10-12H2,1-3H3. The van der Waals surface area contributed by atoms with E-state index in [1.807, 2.05) is 6.07 Å². The first-order valence-corrected chi connectivity index (χ1v) is 9.15. The van der Waals surface area contributed by atoms with Gasteiger partial charge in [-0.3, -0.25) is 9.69 Å². The second-order valence-electron chi connectivity index (χ2n) is 7.44. The van der Waals surface area contributed by atoms with Crippen LogP contribution in [0.5, 0.6) is 5.75 Å². The van der Waals surface area contributed by atoms with Crippen molar-refractivity contribution in [2.45, 2.75) is 27.3 Å². The van der Waals surface area contributed by atoms with Crippen LogP contribution in [0.1, 0.15) is 25.2 Å². The molecule has 0 saturated carbocycles. The van der Waals surface area contributed by atoms with E-state index in [1.165, 1.54) is 6.07 Å². The Hall–Kier alpha value is -2.66. The van der Waals surface area contributed by atoms with Gasteiger partial charge in [-0.1, -0.05) is 32.0 Å². The molecular weight excluding hydrogens is 345 g/mol. The van der Waals surface area contributed by atoms with Crippen molar-refractivity contribution >= 4 is 11.0 Å². The second-order valence-corrected chi connectivity index (χ2v) is 7.44. The molecule has 0 fully saturated rings. The van der Waals surface area contributed by atoms with Crippen molar-refractivity contribution in [3.05, 3.63) is 63.8 Å². The molecule has 4 rings (SSSR count). The molecule has 0 saturated heterocycles. The Balaban J connectivity index is 1.89. The van der Waals surface area contributed by atoms with Crippen molar-refractivity contribution in [3.8, 4) is 16.9 Å². The number of ether oxygens (including phenoxy) is 1. The molecule has 0 radical (unpaired) electrons. The zero-order chi connectivity index (χ0) is 19.1. The lowest BCUT2D eigenvalue weighted by Crippen LogP contribution is -2.34. The van der Waals surface area contributed by atoms with E-state index in [9.17, 15) is 9.18 Å². The Morgan fingerprint density at radius 2 is 1.96 bits per heavy atom. The van der Waals surface area contributed by atoms with E-state index >= 15 is 0 Å². The number of fused-ring (bicyclic) bond motifs is 3. The van der Waals surface area contributed by atoms with Gasteiger partial charge in [0.05, 0.1) is 16.5 Å². The Bertz CT molecular complexity index is 1070. The third kappa shape index (κ3) is 3.12. The van der Waals surface area contributed by atoms with Crippen LogP contribution in [0.4, 0.5) is 4.39 Å². The molecule has 0 bridgehead atoms. The van der Waals surface area contributed by atoms with Gasteiger partial charge in [0.15, 0.2) is 0 Å². The van der Waals surface area contributed by atoms with E-state index in [-0.39, 0.29) is 16.6 Å². The van der Waals surface area contributed by atoms with Crippen LogP contribution in [-0.2, 0) is 6.54 Å². The van der Waals surface area contributed by atoms with Crippen LogP contribution in [-0.4, -0.2) is 18.2 Å². The lowest BCUT2D eigenvalue weighted by atomic mass is 10.00. The molecule has 0 N–H and O–H groups in total. The van der Waals surface area contributed by atoms with Gasteiger partial charge in [-0.05, 0) is 31.0 Å². The van der Waals surface area contributed by atoms with Crippen LogP contribution >= 0.6 is 0 Å². The molecule has 5 heteroatoms. The van der Waals surface area contributed by atoms with E-state index in [0.29, 0.717) is 35.9 Å². The Morgan fingerprint density at radius 3 is 2.70 bits per heavy atom. The summed E-state index contributed by atoms with van der Waals surface area (Å²) in [6.07, 6.45) is 0. The van der Waals surface area contributed by atoms with Gasteiger partial charge in [-0.2, -0.15) is 0 Å². The van der Waals surface area contributed by atoms with Crippen molar-refractivity contribution in [2.75, 3.05) is 13.3 Å². The van der Waals surface area contributed by atoms with Gasteiger partial charge >= 0.3 is 0 Å². The topological polar surface area (TPSA) is 42.7 Å². The van der Waals surface area contributed by atoms with Gasteiger partial charge < -0.3 is 9.15 Å². The first-order valence-electron chi connectivity index (χ1n) is 9.15. The molecule has 3 aromatic rings. The smallest absolute Gasteiger partial charge is 0.200 e. The van der Waals surface area contributed by atoms with Crippen LogP contribution in [0.25, 0.3) is 22.1 Å². The number of hydrogen-bond donors (Lipinski definition) is 0. The van der Waals surface area contributed by atoms with Gasteiger partial charge in [0.1, 0.15) is 29.6 Å². The van der Waals surface area contributed by atoms with Gasteiger partial charge in [-0.15, -0.1) is 0 Å². The summed E-state index contributed by atoms with van der Waals surface area (Å²) in [5.74, 6) is 1.22. The van der Waals surface area contributed by atoms with Crippen molar-refractivity contribution < 1.29 is 13.5 Å². The minimum Gasteiger partial charge on any atom is -0.478 e. The fourth-order valence-corrected chi connectivity index (χ4v) is 3.73. The first-order chi connectivity index (χ1) is 13.0. The van der Waals surface area contributed by atoms with E-state index in [2.05, 4.69) is 18.7 Å². The van der Waals surface area contributed by atoms with Crippen molar-refractivity contribution in [2.24, 2.45) is 5.92 Å². The number of benzene rings is 2. The van der Waals surface area contributed by atoms with Gasteiger partial charge in [0, 0.05) is 18.7 Å². The monoisotopic (exact) mass is 367 g/mol. The Morgan fingerprint density at radius 1 is 1.19 bits per heavy atom. The third-order valence-electron chi connectivity index (χ3n) is 4.85. The molecule has 140 valence electrons. The molecule has 0 unspecified atom stereocenters. The molecule has 2 heterocycles. The summed E-state index contributed by atoms with van der Waals surface area (Å²) in [6.45, 7) is 8.09. The van der Waals surface area contributed by atoms with E-state index in [0.717, 1.165) is 17.9 Å². The van der Waals surface area contributed by atoms with Crippen molar-refractivity contribution in [3.63, 3.8) is 0 Å². The average molecular weight is 367 g/mol. The van der Waals surface area contributed by atoms with E-state index in [1.54, 1.807) is 31.2 Å². The SMILES string of the molecule is Cc1oc2c3c(ccc2c(=O)c1-c1ccccc1F)OCN(CC(C)C)C3. The van der Waals surface area contributed by atoms with Crippen LogP contribution in [0.2, 0.25) is 0 Å². The second kappa shape index (κ2) is 6.82. The van der Waals surface area contributed by atoms with Crippen LogP contribution in [0.15, 0.2) is 45.6 Å². The maximum Gasteiger partial charge on any atom is 0.200 e. The summed E-state index contributed by atoms with van der Waals surface area (Å²) in [6, 6.07) is 9.79. The van der Waals surface area contributed by atoms with Crippen molar-refractivity contribution in [1.82, 2.24) is 4.90 Å². The molecule has 27 heavy (non-hydrogen) atoms. The number of hydrogen-bond acceptors (Lipinski definition) is 4. The predicted octanol–water partition coefficient (Wildman–Crippen LogP) is 4.72. The van der Waals surface area contributed by atoms with Gasteiger partial charge in [0.2, 0.25) is 5.43 Å². The summed E-state index contributed by atoms with van der Waals surface area (Å²) in [5, 5.41) is 0.451. The van der Waals surface area contributed by atoms with Crippen LogP contribution in [0, 0.1) is 18.7 Å². The Labute approximate surface area is 157 Å². The quantitative estimate of drug-likeness (QED) is 0.672. The molecule has 1 aliphatic heterocycles. The predicted molar refractivity (Wildman–Crippen MR) is 103 cm³/mol.